The van der Waals surface area contributed by atoms with Crippen molar-refractivity contribution in [3.8, 4) is 5.75 Å². The average molecular weight is 303 g/mol. The van der Waals surface area contributed by atoms with Crippen molar-refractivity contribution < 1.29 is 9.53 Å². The van der Waals surface area contributed by atoms with Gasteiger partial charge >= 0.3 is 0 Å². The highest BCUT2D eigenvalue weighted by Crippen LogP contribution is 2.30. The van der Waals surface area contributed by atoms with E-state index in [2.05, 4.69) is 15.2 Å². The molecular weight excluding hydrogens is 286 g/mol. The molecule has 0 aromatic heterocycles. The molecular formula is C15H17N3O2S. The van der Waals surface area contributed by atoms with Crippen LogP contribution >= 0.6 is 11.8 Å². The minimum atomic E-state index is 0.0332. The smallest absolute Gasteiger partial charge is 0.226 e. The summed E-state index contributed by atoms with van der Waals surface area (Å²) in [6.07, 6.45) is 0.405. The van der Waals surface area contributed by atoms with Crippen molar-refractivity contribution in [2.75, 3.05) is 20.2 Å². The molecule has 1 aromatic rings. The van der Waals surface area contributed by atoms with Gasteiger partial charge in [0.25, 0.3) is 0 Å². The summed E-state index contributed by atoms with van der Waals surface area (Å²) in [7, 11) is 1.64. The fraction of sp³-hybridized carbons (Fsp3) is 0.333. The number of amidine groups is 1. The lowest BCUT2D eigenvalue weighted by atomic mass is 10.2. The van der Waals surface area contributed by atoms with Crippen LogP contribution in [0.2, 0.25) is 0 Å². The van der Waals surface area contributed by atoms with Crippen LogP contribution in [0.3, 0.4) is 0 Å². The maximum Gasteiger partial charge on any atom is 0.226 e. The number of methoxy groups -OCH3 is 1. The van der Waals surface area contributed by atoms with E-state index in [-0.39, 0.29) is 5.91 Å². The van der Waals surface area contributed by atoms with Crippen molar-refractivity contribution in [3.05, 3.63) is 40.9 Å². The summed E-state index contributed by atoms with van der Waals surface area (Å²) in [4.78, 5) is 18.5. The highest BCUT2D eigenvalue weighted by Gasteiger charge is 2.27. The molecule has 1 amide bonds. The van der Waals surface area contributed by atoms with Gasteiger partial charge in [0.1, 0.15) is 5.75 Å². The van der Waals surface area contributed by atoms with Crippen molar-refractivity contribution in [1.82, 2.24) is 10.2 Å². The summed E-state index contributed by atoms with van der Waals surface area (Å²) < 4.78 is 5.11. The number of rotatable bonds is 5. The van der Waals surface area contributed by atoms with Crippen molar-refractivity contribution >= 4 is 22.8 Å². The van der Waals surface area contributed by atoms with E-state index in [1.165, 1.54) is 0 Å². The Morgan fingerprint density at radius 1 is 1.43 bits per heavy atom. The van der Waals surface area contributed by atoms with Crippen molar-refractivity contribution in [3.63, 3.8) is 0 Å². The van der Waals surface area contributed by atoms with E-state index in [1.54, 1.807) is 18.9 Å². The molecule has 0 radical (unpaired) electrons. The highest BCUT2D eigenvalue weighted by molar-refractivity contribution is 8.16. The highest BCUT2D eigenvalue weighted by atomic mass is 32.2. The van der Waals surface area contributed by atoms with Crippen LogP contribution in [-0.2, 0) is 11.3 Å². The van der Waals surface area contributed by atoms with E-state index in [0.717, 1.165) is 35.3 Å². The molecule has 0 fully saturated rings. The Balaban J connectivity index is 1.49. The van der Waals surface area contributed by atoms with E-state index in [1.807, 2.05) is 29.7 Å². The summed E-state index contributed by atoms with van der Waals surface area (Å²) in [5.74, 6) is 0.852. The molecule has 3 rings (SSSR count). The zero-order valence-corrected chi connectivity index (χ0v) is 12.7. The molecule has 21 heavy (non-hydrogen) atoms. The van der Waals surface area contributed by atoms with Crippen LogP contribution in [0.4, 0.5) is 0 Å². The molecule has 6 heteroatoms. The number of carbonyl (C=O) groups is 1. The molecule has 110 valence electrons. The van der Waals surface area contributed by atoms with Gasteiger partial charge in [0, 0.05) is 18.8 Å². The Morgan fingerprint density at radius 2 is 2.24 bits per heavy atom. The Hall–Kier alpha value is -1.95. The lowest BCUT2D eigenvalue weighted by Crippen LogP contribution is -2.28. The number of benzene rings is 1. The second-order valence-electron chi connectivity index (χ2n) is 4.84. The third-order valence-corrected chi connectivity index (χ3v) is 4.39. The molecule has 0 spiro atoms. The van der Waals surface area contributed by atoms with Gasteiger partial charge in [-0.2, -0.15) is 0 Å². The lowest BCUT2D eigenvalue weighted by Gasteiger charge is -2.16. The number of carbonyl (C=O) groups excluding carboxylic acids is 1. The standard InChI is InChI=1S/C15H17N3O2S/c1-20-13-4-2-11(3-5-13)9-17-14(19)8-12-10-21-15-16-6-7-18(12)15/h2-5,10H,6-9H2,1H3,(H,17,19). The third-order valence-electron chi connectivity index (χ3n) is 3.44. The molecule has 0 aliphatic carbocycles. The fourth-order valence-electron chi connectivity index (χ4n) is 2.29. The van der Waals surface area contributed by atoms with Crippen LogP contribution in [0.1, 0.15) is 12.0 Å². The van der Waals surface area contributed by atoms with Gasteiger partial charge in [-0.25, -0.2) is 0 Å². The number of nitrogens with zero attached hydrogens (tertiary/aromatic N) is 2. The molecule has 1 N–H and O–H groups in total. The topological polar surface area (TPSA) is 53.9 Å². The molecule has 0 unspecified atom stereocenters. The Kier molecular flexibility index (Phi) is 4.15. The SMILES string of the molecule is COc1ccc(CNC(=O)CC2=CSC3=NCCN23)cc1. The van der Waals surface area contributed by atoms with E-state index < -0.39 is 0 Å². The molecule has 2 aliphatic heterocycles. The van der Waals surface area contributed by atoms with Gasteiger partial charge in [0.2, 0.25) is 5.91 Å². The number of hydrogen-bond acceptors (Lipinski definition) is 5. The zero-order chi connectivity index (χ0) is 14.7. The Labute approximate surface area is 128 Å². The van der Waals surface area contributed by atoms with E-state index in [4.69, 9.17) is 4.74 Å². The third kappa shape index (κ3) is 3.21. The van der Waals surface area contributed by atoms with Crippen LogP contribution in [0.5, 0.6) is 5.75 Å². The Morgan fingerprint density at radius 3 is 3.00 bits per heavy atom. The van der Waals surface area contributed by atoms with E-state index in [9.17, 15) is 4.79 Å². The molecule has 1 aromatic carbocycles. The fourth-order valence-corrected chi connectivity index (χ4v) is 3.24. The summed E-state index contributed by atoms with van der Waals surface area (Å²) in [5.41, 5.74) is 2.10. The van der Waals surface area contributed by atoms with Crippen LogP contribution in [-0.4, -0.2) is 36.2 Å². The van der Waals surface area contributed by atoms with Gasteiger partial charge in [-0.05, 0) is 23.1 Å². The zero-order valence-electron chi connectivity index (χ0n) is 11.8. The van der Waals surface area contributed by atoms with E-state index >= 15 is 0 Å². The van der Waals surface area contributed by atoms with Gasteiger partial charge < -0.3 is 15.0 Å². The molecule has 2 aliphatic rings. The van der Waals surface area contributed by atoms with E-state index in [0.29, 0.717) is 13.0 Å². The maximum atomic E-state index is 12.0. The second kappa shape index (κ2) is 6.22. The predicted octanol–water partition coefficient (Wildman–Crippen LogP) is 1.96. The first-order valence-corrected chi connectivity index (χ1v) is 7.71. The number of fused-ring (bicyclic) bond motifs is 1. The number of hydrogen-bond donors (Lipinski definition) is 1. The van der Waals surface area contributed by atoms with Crippen molar-refractivity contribution in [1.29, 1.82) is 0 Å². The predicted molar refractivity (Wildman–Crippen MR) is 84.1 cm³/mol. The second-order valence-corrected chi connectivity index (χ2v) is 5.68. The largest absolute Gasteiger partial charge is 0.497 e. The normalized spacial score (nSPS) is 16.3. The van der Waals surface area contributed by atoms with Gasteiger partial charge in [0.15, 0.2) is 5.17 Å². The summed E-state index contributed by atoms with van der Waals surface area (Å²) in [5, 5.41) is 5.99. The van der Waals surface area contributed by atoms with Crippen molar-refractivity contribution in [2.24, 2.45) is 4.99 Å². The van der Waals surface area contributed by atoms with Crippen LogP contribution in [0.25, 0.3) is 0 Å². The molecule has 2 heterocycles. The summed E-state index contributed by atoms with van der Waals surface area (Å²) in [6, 6.07) is 7.69. The van der Waals surface area contributed by atoms with Gasteiger partial charge in [-0.1, -0.05) is 23.9 Å². The van der Waals surface area contributed by atoms with Crippen LogP contribution in [0, 0.1) is 0 Å². The molecule has 0 saturated heterocycles. The Bertz CT molecular complexity index is 595. The monoisotopic (exact) mass is 303 g/mol. The van der Waals surface area contributed by atoms with Crippen LogP contribution in [0.15, 0.2) is 40.4 Å². The van der Waals surface area contributed by atoms with Crippen LogP contribution < -0.4 is 10.1 Å². The quantitative estimate of drug-likeness (QED) is 0.903. The number of ether oxygens (including phenoxy) is 1. The molecule has 0 saturated carbocycles. The first-order chi connectivity index (χ1) is 10.3. The average Bonchev–Trinajstić information content (AvgIpc) is 3.11. The van der Waals surface area contributed by atoms with Crippen molar-refractivity contribution in [2.45, 2.75) is 13.0 Å². The molecule has 0 bridgehead atoms. The van der Waals surface area contributed by atoms with Gasteiger partial charge in [0.05, 0.1) is 20.1 Å². The molecule has 0 atom stereocenters. The first-order valence-electron chi connectivity index (χ1n) is 6.83. The number of amides is 1. The van der Waals surface area contributed by atoms with Gasteiger partial charge in [-0.15, -0.1) is 0 Å². The molecule has 5 nitrogen and oxygen atoms in total. The summed E-state index contributed by atoms with van der Waals surface area (Å²) in [6.45, 7) is 2.25. The summed E-state index contributed by atoms with van der Waals surface area (Å²) >= 11 is 1.60. The minimum absolute atomic E-state index is 0.0332. The number of aliphatic imine (C=N–C) groups is 1. The lowest BCUT2D eigenvalue weighted by molar-refractivity contribution is -0.120. The number of thioether (sulfide) groups is 1. The first kappa shape index (κ1) is 14.0. The maximum absolute atomic E-state index is 12.0. The number of nitrogens with one attached hydrogen (secondary N) is 1. The van der Waals surface area contributed by atoms with Gasteiger partial charge in [-0.3, -0.25) is 9.79 Å². The minimum Gasteiger partial charge on any atom is -0.497 e.